The average Bonchev–Trinajstić information content (AvgIpc) is 2.62. The van der Waals surface area contributed by atoms with Crippen LogP contribution in [0.25, 0.3) is 0 Å². The van der Waals surface area contributed by atoms with Gasteiger partial charge < -0.3 is 15.4 Å². The molecule has 0 aliphatic heterocycles. The number of ether oxygens (including phenoxy) is 1. The van der Waals surface area contributed by atoms with E-state index >= 15 is 0 Å². The van der Waals surface area contributed by atoms with Gasteiger partial charge in [-0.3, -0.25) is 9.59 Å². The molecule has 0 unspecified atom stereocenters. The van der Waals surface area contributed by atoms with E-state index < -0.39 is 5.97 Å². The lowest BCUT2D eigenvalue weighted by molar-refractivity contribution is -0.114. The number of nitrogens with one attached hydrogen (secondary N) is 2. The summed E-state index contributed by atoms with van der Waals surface area (Å²) in [5.41, 5.74) is 1.29. The number of esters is 1. The first-order valence-electron chi connectivity index (χ1n) is 8.16. The van der Waals surface area contributed by atoms with Crippen molar-refractivity contribution in [2.45, 2.75) is 18.7 Å². The summed E-state index contributed by atoms with van der Waals surface area (Å²) in [4.78, 5) is 36.2. The van der Waals surface area contributed by atoms with E-state index in [-0.39, 0.29) is 34.8 Å². The van der Waals surface area contributed by atoms with Crippen molar-refractivity contribution < 1.29 is 19.1 Å². The average molecular weight is 407 g/mol. The molecule has 2 rings (SSSR count). The Morgan fingerprint density at radius 2 is 1.85 bits per heavy atom. The zero-order valence-corrected chi connectivity index (χ0v) is 16.4. The third-order valence-electron chi connectivity index (χ3n) is 3.30. The highest BCUT2D eigenvalue weighted by molar-refractivity contribution is 8.00. The lowest BCUT2D eigenvalue weighted by Gasteiger charge is -2.11. The van der Waals surface area contributed by atoms with Gasteiger partial charge in [0.2, 0.25) is 11.8 Å². The predicted molar refractivity (Wildman–Crippen MR) is 108 cm³/mol. The third kappa shape index (κ3) is 6.30. The second kappa shape index (κ2) is 9.99. The van der Waals surface area contributed by atoms with Crippen molar-refractivity contribution >= 4 is 52.5 Å². The molecule has 6 nitrogen and oxygen atoms in total. The largest absolute Gasteiger partial charge is 0.462 e. The fourth-order valence-electron chi connectivity index (χ4n) is 2.19. The van der Waals surface area contributed by atoms with Gasteiger partial charge in [0.15, 0.2) is 0 Å². The quantitative estimate of drug-likeness (QED) is 0.531. The maximum atomic E-state index is 12.2. The van der Waals surface area contributed by atoms with E-state index in [1.165, 1.54) is 30.8 Å². The summed E-state index contributed by atoms with van der Waals surface area (Å²) < 4.78 is 4.94. The van der Waals surface area contributed by atoms with Gasteiger partial charge in [-0.25, -0.2) is 4.79 Å². The monoisotopic (exact) mass is 406 g/mol. The number of carbonyl (C=O) groups is 3. The van der Waals surface area contributed by atoms with E-state index in [1.54, 1.807) is 25.1 Å². The molecule has 0 atom stereocenters. The number of thioether (sulfide) groups is 1. The number of anilines is 2. The lowest BCUT2D eigenvalue weighted by Crippen LogP contribution is -2.15. The summed E-state index contributed by atoms with van der Waals surface area (Å²) in [6.45, 7) is 3.36. The number of amides is 2. The molecular weight excluding hydrogens is 388 g/mol. The first-order chi connectivity index (χ1) is 12.9. The number of carbonyl (C=O) groups excluding carboxylic acids is 3. The number of hydrogen-bond donors (Lipinski definition) is 2. The SMILES string of the molecule is CCOC(=O)c1cc(NC(=O)CSc2ccccc2NC(C)=O)ccc1Cl. The normalized spacial score (nSPS) is 10.2. The molecule has 142 valence electrons. The van der Waals surface area contributed by atoms with Crippen molar-refractivity contribution in [1.82, 2.24) is 0 Å². The van der Waals surface area contributed by atoms with Crippen molar-refractivity contribution in [2.75, 3.05) is 23.0 Å². The van der Waals surface area contributed by atoms with Crippen LogP contribution in [0.15, 0.2) is 47.4 Å². The molecule has 0 heterocycles. The number of hydrogen-bond acceptors (Lipinski definition) is 5. The Labute approximate surface area is 166 Å². The fourth-order valence-corrected chi connectivity index (χ4v) is 3.20. The Balaban J connectivity index is 2.02. The zero-order valence-electron chi connectivity index (χ0n) is 14.9. The molecule has 0 bridgehead atoms. The standard InChI is InChI=1S/C19H19ClN2O4S/c1-3-26-19(25)14-10-13(8-9-15(14)20)22-18(24)11-27-17-7-5-4-6-16(17)21-12(2)23/h4-10H,3,11H2,1-2H3,(H,21,23)(H,22,24). The van der Waals surface area contributed by atoms with E-state index in [4.69, 9.17) is 16.3 Å². The molecule has 0 saturated heterocycles. The lowest BCUT2D eigenvalue weighted by atomic mass is 10.2. The molecule has 2 aromatic carbocycles. The summed E-state index contributed by atoms with van der Waals surface area (Å²) >= 11 is 7.31. The summed E-state index contributed by atoms with van der Waals surface area (Å²) in [7, 11) is 0. The molecule has 2 N–H and O–H groups in total. The topological polar surface area (TPSA) is 84.5 Å². The Hall–Kier alpha value is -2.51. The van der Waals surface area contributed by atoms with Crippen molar-refractivity contribution in [1.29, 1.82) is 0 Å². The van der Waals surface area contributed by atoms with Gasteiger partial charge in [0.05, 0.1) is 28.6 Å². The first-order valence-corrected chi connectivity index (χ1v) is 9.53. The Bertz CT molecular complexity index is 857. The van der Waals surface area contributed by atoms with Crippen LogP contribution in [0.2, 0.25) is 5.02 Å². The molecular formula is C19H19ClN2O4S. The Kier molecular flexibility index (Phi) is 7.69. The highest BCUT2D eigenvalue weighted by atomic mass is 35.5. The summed E-state index contributed by atoms with van der Waals surface area (Å²) in [5, 5.41) is 5.71. The third-order valence-corrected chi connectivity index (χ3v) is 4.71. The molecule has 0 fully saturated rings. The summed E-state index contributed by atoms with van der Waals surface area (Å²) in [5.74, 6) is -0.847. The van der Waals surface area contributed by atoms with Gasteiger partial charge in [-0.1, -0.05) is 23.7 Å². The number of benzene rings is 2. The molecule has 0 aliphatic carbocycles. The van der Waals surface area contributed by atoms with Crippen LogP contribution in [-0.2, 0) is 14.3 Å². The molecule has 0 aromatic heterocycles. The smallest absolute Gasteiger partial charge is 0.339 e. The maximum Gasteiger partial charge on any atom is 0.339 e. The highest BCUT2D eigenvalue weighted by Gasteiger charge is 2.14. The molecule has 0 aliphatic rings. The molecule has 8 heteroatoms. The van der Waals surface area contributed by atoms with E-state index in [0.717, 1.165) is 4.90 Å². The van der Waals surface area contributed by atoms with Crippen LogP contribution in [0.5, 0.6) is 0 Å². The maximum absolute atomic E-state index is 12.2. The van der Waals surface area contributed by atoms with Gasteiger partial charge in [-0.2, -0.15) is 0 Å². The minimum atomic E-state index is -0.544. The molecule has 0 spiro atoms. The van der Waals surface area contributed by atoms with Crippen molar-refractivity contribution in [3.8, 4) is 0 Å². The number of para-hydroxylation sites is 1. The van der Waals surface area contributed by atoms with E-state index in [9.17, 15) is 14.4 Å². The second-order valence-corrected chi connectivity index (χ2v) is 6.85. The van der Waals surface area contributed by atoms with Gasteiger partial charge in [0.25, 0.3) is 0 Å². The van der Waals surface area contributed by atoms with Gasteiger partial charge in [0, 0.05) is 17.5 Å². The van der Waals surface area contributed by atoms with Gasteiger partial charge in [0.1, 0.15) is 0 Å². The van der Waals surface area contributed by atoms with Crippen LogP contribution < -0.4 is 10.6 Å². The summed E-state index contributed by atoms with van der Waals surface area (Å²) in [6, 6.07) is 11.9. The Morgan fingerprint density at radius 3 is 2.56 bits per heavy atom. The van der Waals surface area contributed by atoms with Crippen molar-refractivity contribution in [3.05, 3.63) is 53.1 Å². The van der Waals surface area contributed by atoms with E-state index in [2.05, 4.69) is 10.6 Å². The van der Waals surface area contributed by atoms with Gasteiger partial charge >= 0.3 is 5.97 Å². The first kappa shape index (κ1) is 20.8. The van der Waals surface area contributed by atoms with Crippen molar-refractivity contribution in [3.63, 3.8) is 0 Å². The molecule has 0 radical (unpaired) electrons. The van der Waals surface area contributed by atoms with Crippen LogP contribution in [0, 0.1) is 0 Å². The van der Waals surface area contributed by atoms with Crippen molar-refractivity contribution in [2.24, 2.45) is 0 Å². The summed E-state index contributed by atoms with van der Waals surface area (Å²) in [6.07, 6.45) is 0. The van der Waals surface area contributed by atoms with Crippen LogP contribution in [0.3, 0.4) is 0 Å². The van der Waals surface area contributed by atoms with Crippen LogP contribution >= 0.6 is 23.4 Å². The van der Waals surface area contributed by atoms with E-state index in [0.29, 0.717) is 11.4 Å². The highest BCUT2D eigenvalue weighted by Crippen LogP contribution is 2.27. The van der Waals surface area contributed by atoms with Crippen LogP contribution in [0.4, 0.5) is 11.4 Å². The Morgan fingerprint density at radius 1 is 1.11 bits per heavy atom. The fraction of sp³-hybridized carbons (Fsp3) is 0.211. The predicted octanol–water partition coefficient (Wildman–Crippen LogP) is 4.21. The minimum absolute atomic E-state index is 0.133. The minimum Gasteiger partial charge on any atom is -0.462 e. The second-order valence-electron chi connectivity index (χ2n) is 5.43. The van der Waals surface area contributed by atoms with Gasteiger partial charge in [-0.15, -0.1) is 11.8 Å². The number of halogens is 1. The molecule has 2 amide bonds. The van der Waals surface area contributed by atoms with Gasteiger partial charge in [-0.05, 0) is 37.3 Å². The molecule has 27 heavy (non-hydrogen) atoms. The zero-order chi connectivity index (χ0) is 19.8. The van der Waals surface area contributed by atoms with E-state index in [1.807, 2.05) is 12.1 Å². The molecule has 0 saturated carbocycles. The van der Waals surface area contributed by atoms with Crippen LogP contribution in [0.1, 0.15) is 24.2 Å². The molecule has 2 aromatic rings. The number of rotatable bonds is 7. The van der Waals surface area contributed by atoms with Crippen LogP contribution in [-0.4, -0.2) is 30.1 Å².